The van der Waals surface area contributed by atoms with Crippen LogP contribution in [0, 0.1) is 5.82 Å². The van der Waals surface area contributed by atoms with Crippen LogP contribution in [-0.2, 0) is 13.0 Å². The Morgan fingerprint density at radius 2 is 1.64 bits per heavy atom. The summed E-state index contributed by atoms with van der Waals surface area (Å²) in [5.41, 5.74) is 3.64. The van der Waals surface area contributed by atoms with Gasteiger partial charge in [-0.25, -0.2) is 4.39 Å². The van der Waals surface area contributed by atoms with E-state index in [1.807, 2.05) is 23.9 Å². The van der Waals surface area contributed by atoms with Gasteiger partial charge in [0.1, 0.15) is 5.82 Å². The molecule has 1 heterocycles. The minimum Gasteiger partial charge on any atom is -0.370 e. The van der Waals surface area contributed by atoms with Gasteiger partial charge in [0.15, 0.2) is 5.96 Å². The van der Waals surface area contributed by atoms with Crippen LogP contribution in [0.1, 0.15) is 11.1 Å². The molecule has 3 rings (SSSR count). The number of halogens is 2. The Bertz CT molecular complexity index is 731. The predicted molar refractivity (Wildman–Crippen MR) is 130 cm³/mol. The minimum atomic E-state index is -0.200. The molecule has 0 saturated carbocycles. The largest absolute Gasteiger partial charge is 0.370 e. The average molecular weight is 514 g/mol. The number of aliphatic imine (C=N–C) groups is 1. The number of benzene rings is 2. The van der Waals surface area contributed by atoms with Crippen LogP contribution in [-0.4, -0.2) is 44.1 Å². The summed E-state index contributed by atoms with van der Waals surface area (Å²) in [5, 5.41) is 6.64. The molecule has 2 aromatic rings. The summed E-state index contributed by atoms with van der Waals surface area (Å²) in [6.45, 7) is 3.74. The number of hydrogen-bond acceptors (Lipinski definition) is 3. The number of nitrogens with zero attached hydrogens (tertiary/aromatic N) is 2. The number of rotatable bonds is 6. The van der Waals surface area contributed by atoms with Crippen molar-refractivity contribution >= 4 is 47.4 Å². The Hall–Kier alpha value is -1.48. The molecule has 0 amide bonds. The Morgan fingerprint density at radius 3 is 2.29 bits per heavy atom. The van der Waals surface area contributed by atoms with Crippen LogP contribution < -0.4 is 15.5 Å². The lowest BCUT2D eigenvalue weighted by atomic mass is 10.1. The second-order valence-electron chi connectivity index (χ2n) is 6.49. The number of anilines is 1. The molecule has 2 aromatic carbocycles. The third kappa shape index (κ3) is 7.16. The van der Waals surface area contributed by atoms with E-state index < -0.39 is 0 Å². The van der Waals surface area contributed by atoms with E-state index in [1.54, 1.807) is 7.05 Å². The molecule has 152 valence electrons. The van der Waals surface area contributed by atoms with Gasteiger partial charge in [-0.3, -0.25) is 4.99 Å². The lowest BCUT2D eigenvalue weighted by molar-refractivity contribution is 0.626. The van der Waals surface area contributed by atoms with Crippen molar-refractivity contribution in [3.8, 4) is 0 Å². The number of guanidine groups is 1. The van der Waals surface area contributed by atoms with E-state index in [2.05, 4.69) is 44.8 Å². The van der Waals surface area contributed by atoms with Crippen LogP contribution in [0.25, 0.3) is 0 Å². The molecule has 0 bridgehead atoms. The summed E-state index contributed by atoms with van der Waals surface area (Å²) >= 11 is 2.03. The van der Waals surface area contributed by atoms with E-state index >= 15 is 0 Å². The monoisotopic (exact) mass is 514 g/mol. The highest BCUT2D eigenvalue weighted by Gasteiger charge is 2.10. The molecule has 0 aliphatic carbocycles. The van der Waals surface area contributed by atoms with Gasteiger partial charge in [0.05, 0.1) is 0 Å². The van der Waals surface area contributed by atoms with Gasteiger partial charge in [-0.05, 0) is 41.8 Å². The maximum atomic E-state index is 12.9. The van der Waals surface area contributed by atoms with Gasteiger partial charge in [0.2, 0.25) is 0 Å². The SMILES string of the molecule is CN=C(NCCc1ccc(F)cc1)NCc1ccc(N2CCSCC2)cc1.I. The second kappa shape index (κ2) is 12.2. The van der Waals surface area contributed by atoms with E-state index in [1.165, 1.54) is 34.9 Å². The molecule has 0 spiro atoms. The van der Waals surface area contributed by atoms with E-state index in [9.17, 15) is 4.39 Å². The molecule has 1 fully saturated rings. The molecule has 7 heteroatoms. The van der Waals surface area contributed by atoms with Gasteiger partial charge in [-0.15, -0.1) is 24.0 Å². The van der Waals surface area contributed by atoms with Crippen molar-refractivity contribution < 1.29 is 4.39 Å². The first-order valence-electron chi connectivity index (χ1n) is 9.35. The summed E-state index contributed by atoms with van der Waals surface area (Å²) in [6.07, 6.45) is 0.823. The third-order valence-electron chi connectivity index (χ3n) is 4.62. The van der Waals surface area contributed by atoms with E-state index in [0.717, 1.165) is 44.1 Å². The summed E-state index contributed by atoms with van der Waals surface area (Å²) in [4.78, 5) is 6.71. The normalized spacial score (nSPS) is 14.4. The molecule has 28 heavy (non-hydrogen) atoms. The maximum Gasteiger partial charge on any atom is 0.191 e. The standard InChI is InChI=1S/C21H27FN4S.HI/c1-23-21(24-11-10-17-2-6-19(22)7-3-17)25-16-18-4-8-20(9-5-18)26-12-14-27-15-13-26;/h2-9H,10-16H2,1H3,(H2,23,24,25);1H. The van der Waals surface area contributed by atoms with Crippen molar-refractivity contribution in [1.82, 2.24) is 10.6 Å². The molecule has 1 saturated heterocycles. The van der Waals surface area contributed by atoms with Gasteiger partial charge in [-0.1, -0.05) is 24.3 Å². The van der Waals surface area contributed by atoms with E-state index in [4.69, 9.17) is 0 Å². The van der Waals surface area contributed by atoms with Crippen molar-refractivity contribution in [2.45, 2.75) is 13.0 Å². The molecule has 0 atom stereocenters. The van der Waals surface area contributed by atoms with Crippen LogP contribution in [0.2, 0.25) is 0 Å². The Morgan fingerprint density at radius 1 is 1.00 bits per heavy atom. The lowest BCUT2D eigenvalue weighted by Gasteiger charge is -2.28. The topological polar surface area (TPSA) is 39.7 Å². The first-order valence-corrected chi connectivity index (χ1v) is 10.5. The molecular weight excluding hydrogens is 486 g/mol. The maximum absolute atomic E-state index is 12.9. The average Bonchev–Trinajstić information content (AvgIpc) is 2.73. The van der Waals surface area contributed by atoms with Crippen molar-refractivity contribution in [3.05, 3.63) is 65.5 Å². The highest BCUT2D eigenvalue weighted by molar-refractivity contribution is 14.0. The zero-order valence-corrected chi connectivity index (χ0v) is 19.3. The van der Waals surface area contributed by atoms with Crippen LogP contribution >= 0.6 is 35.7 Å². The van der Waals surface area contributed by atoms with Crippen LogP contribution in [0.4, 0.5) is 10.1 Å². The van der Waals surface area contributed by atoms with Crippen LogP contribution in [0.5, 0.6) is 0 Å². The minimum absolute atomic E-state index is 0. The smallest absolute Gasteiger partial charge is 0.191 e. The molecule has 1 aliphatic heterocycles. The van der Waals surface area contributed by atoms with Gasteiger partial charge < -0.3 is 15.5 Å². The van der Waals surface area contributed by atoms with Crippen molar-refractivity contribution in [3.63, 3.8) is 0 Å². The lowest BCUT2D eigenvalue weighted by Crippen LogP contribution is -2.37. The summed E-state index contributed by atoms with van der Waals surface area (Å²) in [7, 11) is 1.77. The Labute approximate surface area is 188 Å². The van der Waals surface area contributed by atoms with E-state index in [-0.39, 0.29) is 29.8 Å². The molecule has 0 unspecified atom stereocenters. The number of nitrogens with one attached hydrogen (secondary N) is 2. The Kier molecular flexibility index (Phi) is 9.91. The highest BCUT2D eigenvalue weighted by Crippen LogP contribution is 2.19. The summed E-state index contributed by atoms with van der Waals surface area (Å²) in [6, 6.07) is 15.4. The van der Waals surface area contributed by atoms with E-state index in [0.29, 0.717) is 0 Å². The summed E-state index contributed by atoms with van der Waals surface area (Å²) in [5.74, 6) is 3.00. The zero-order chi connectivity index (χ0) is 18.9. The van der Waals surface area contributed by atoms with Crippen LogP contribution in [0.15, 0.2) is 53.5 Å². The van der Waals surface area contributed by atoms with Gasteiger partial charge >= 0.3 is 0 Å². The van der Waals surface area contributed by atoms with Crippen molar-refractivity contribution in [2.24, 2.45) is 4.99 Å². The van der Waals surface area contributed by atoms with Crippen molar-refractivity contribution in [2.75, 3.05) is 43.1 Å². The quantitative estimate of drug-likeness (QED) is 0.349. The van der Waals surface area contributed by atoms with Gasteiger partial charge in [0.25, 0.3) is 0 Å². The summed E-state index contributed by atoms with van der Waals surface area (Å²) < 4.78 is 12.9. The highest BCUT2D eigenvalue weighted by atomic mass is 127. The molecule has 0 radical (unpaired) electrons. The van der Waals surface area contributed by atoms with Crippen molar-refractivity contribution in [1.29, 1.82) is 0 Å². The fourth-order valence-corrected chi connectivity index (χ4v) is 3.93. The van der Waals surface area contributed by atoms with Gasteiger partial charge in [0, 0.05) is 50.4 Å². The molecule has 0 aromatic heterocycles. The molecule has 2 N–H and O–H groups in total. The number of thioether (sulfide) groups is 1. The Balaban J connectivity index is 0.00000280. The molecule has 4 nitrogen and oxygen atoms in total. The third-order valence-corrected chi connectivity index (χ3v) is 5.56. The second-order valence-corrected chi connectivity index (χ2v) is 7.72. The first-order chi connectivity index (χ1) is 13.2. The number of hydrogen-bond donors (Lipinski definition) is 2. The van der Waals surface area contributed by atoms with Gasteiger partial charge in [-0.2, -0.15) is 11.8 Å². The molecule has 1 aliphatic rings. The van der Waals surface area contributed by atoms with Crippen LogP contribution in [0.3, 0.4) is 0 Å². The zero-order valence-electron chi connectivity index (χ0n) is 16.2. The predicted octanol–water partition coefficient (Wildman–Crippen LogP) is 3.90. The fourth-order valence-electron chi connectivity index (χ4n) is 3.03. The fraction of sp³-hybridized carbons (Fsp3) is 0.381. The first kappa shape index (κ1) is 22.8. The molecular formula is C21H28FIN4S.